The molecule has 0 fully saturated rings. The van der Waals surface area contributed by atoms with Crippen LogP contribution in [0.4, 0.5) is 0 Å². The lowest BCUT2D eigenvalue weighted by atomic mass is 9.98. The third kappa shape index (κ3) is 13.6. The van der Waals surface area contributed by atoms with Gasteiger partial charge in [0, 0.05) is 87.4 Å². The second-order valence-corrected chi connectivity index (χ2v) is 34.2. The number of nitrogens with zero attached hydrogens (tertiary/aromatic N) is 4. The highest BCUT2D eigenvalue weighted by atomic mass is 16.3. The summed E-state index contributed by atoms with van der Waals surface area (Å²) in [6, 6.07) is 179. The van der Waals surface area contributed by atoms with Crippen molar-refractivity contribution in [2.24, 2.45) is 0 Å². The molecule has 6 nitrogen and oxygen atoms in total. The molecule has 618 valence electrons. The first-order chi connectivity index (χ1) is 65.4. The van der Waals surface area contributed by atoms with Crippen LogP contribution < -0.4 is 0 Å². The second kappa shape index (κ2) is 32.4. The molecule has 0 atom stereocenters. The predicted molar refractivity (Wildman–Crippen MR) is 555 cm³/mol. The molecule has 0 spiro atoms. The summed E-state index contributed by atoms with van der Waals surface area (Å²) < 4.78 is 21.8. The Kier molecular flexibility index (Phi) is 18.8. The Labute approximate surface area is 762 Å². The van der Waals surface area contributed by atoms with Gasteiger partial charge in [-0.2, -0.15) is 0 Å². The van der Waals surface area contributed by atoms with E-state index in [1.54, 1.807) is 0 Å². The van der Waals surface area contributed by atoms with Gasteiger partial charge in [0.25, 0.3) is 0 Å². The molecule has 0 saturated heterocycles. The van der Waals surface area contributed by atoms with Gasteiger partial charge in [-0.3, -0.25) is 0 Å². The number of rotatable bonds is 12. The maximum Gasteiger partial charge on any atom is 0.135 e. The minimum Gasteiger partial charge on any atom is -0.456 e. The van der Waals surface area contributed by atoms with Gasteiger partial charge in [-0.1, -0.05) is 346 Å². The van der Waals surface area contributed by atoms with Crippen LogP contribution in [-0.4, -0.2) is 18.3 Å². The van der Waals surface area contributed by atoms with E-state index in [0.29, 0.717) is 0 Å². The SMILES string of the molecule is c1ccc(-c2ccc(-n3c4ccccc4c4cc(-c5ccc6oc7ccccc7c6c5)ccc43)cc2)cc1.c1ccc(-c2cccc(-n3c4ccccc4c4cc(-c5ccc6oc7ccccc7c6c5)ccc43)c2)cc1.c1ccc(-c2cccc(-n3c4ccccc4c4ccc(-c5ccc6c7ccccc7n(-c7cc(-c8ccccc8)cc(-c8ccccc8)c7)c6c5)cc43)c2)cc1. The first kappa shape index (κ1) is 76.8. The van der Waals surface area contributed by atoms with E-state index in [0.717, 1.165) is 66.6 Å². The molecule has 0 aliphatic carbocycles. The zero-order valence-electron chi connectivity index (χ0n) is 71.9. The first-order valence-electron chi connectivity index (χ1n) is 45.1. The molecule has 6 heterocycles. The largest absolute Gasteiger partial charge is 0.456 e. The van der Waals surface area contributed by atoms with Gasteiger partial charge in [-0.05, 0) is 241 Å². The van der Waals surface area contributed by atoms with Gasteiger partial charge in [0.05, 0.1) is 44.1 Å². The van der Waals surface area contributed by atoms with Crippen molar-refractivity contribution in [2.45, 2.75) is 0 Å². The quantitative estimate of drug-likeness (QED) is 0.122. The maximum absolute atomic E-state index is 6.06. The highest BCUT2D eigenvalue weighted by Gasteiger charge is 2.22. The monoisotopic (exact) mass is 1680 g/mol. The molecule has 0 aliphatic heterocycles. The van der Waals surface area contributed by atoms with E-state index in [1.165, 1.54) is 176 Å². The molecule has 0 N–H and O–H groups in total. The van der Waals surface area contributed by atoms with Gasteiger partial charge in [-0.25, -0.2) is 0 Å². The van der Waals surface area contributed by atoms with Crippen molar-refractivity contribution in [3.8, 4) is 112 Å². The van der Waals surface area contributed by atoms with E-state index in [2.05, 4.69) is 491 Å². The van der Waals surface area contributed by atoms with Crippen molar-refractivity contribution >= 4 is 131 Å². The van der Waals surface area contributed by atoms with E-state index in [1.807, 2.05) is 24.3 Å². The Bertz CT molecular complexity index is 9070. The second-order valence-electron chi connectivity index (χ2n) is 34.2. The lowest BCUT2D eigenvalue weighted by molar-refractivity contribution is 0.668. The number of hydrogen-bond donors (Lipinski definition) is 0. The smallest absolute Gasteiger partial charge is 0.135 e. The van der Waals surface area contributed by atoms with Gasteiger partial charge in [-0.15, -0.1) is 0 Å². The third-order valence-electron chi connectivity index (χ3n) is 26.5. The fraction of sp³-hybridized carbons (Fsp3) is 0. The first-order valence-corrected chi connectivity index (χ1v) is 45.1. The van der Waals surface area contributed by atoms with E-state index in [-0.39, 0.29) is 0 Å². The van der Waals surface area contributed by atoms with E-state index >= 15 is 0 Å². The standard InChI is InChI=1S/C54H36N2.2C36H23NO/c1-4-15-37(16-5-1)40-21-14-22-45(32-40)55-51-25-12-10-23-47(51)49-29-27-41(35-53(49)55)42-28-30-50-48-24-11-13-26-52(48)56(54(50)36-42)46-33-43(38-17-6-2-7-18-38)31-44(34-46)39-19-8-3-9-20-39;1-2-9-24(10-3-1)25-11-8-12-28(21-25)37-33-15-6-4-13-29(33)31-22-26(17-19-34(31)37)27-18-20-36-32(23-27)30-14-5-7-16-35(30)38-36;1-2-8-24(9-3-1)25-14-18-28(19-15-25)37-33-12-6-4-10-29(33)31-22-26(16-20-34(31)37)27-17-21-36-32(23-27)30-11-5-7-13-35(30)38-36/h1-36H;2*1-23H. The van der Waals surface area contributed by atoms with Crippen LogP contribution in [-0.2, 0) is 0 Å². The number of fused-ring (bicyclic) bond motifs is 18. The van der Waals surface area contributed by atoms with Crippen LogP contribution in [0.15, 0.2) is 506 Å². The van der Waals surface area contributed by atoms with E-state index in [4.69, 9.17) is 8.83 Å². The highest BCUT2D eigenvalue weighted by molar-refractivity contribution is 6.16. The molecule has 21 aromatic carbocycles. The molecular formula is C126H82N4O2. The average molecular weight is 1680 g/mol. The topological polar surface area (TPSA) is 46.0 Å². The zero-order chi connectivity index (χ0) is 87.1. The van der Waals surface area contributed by atoms with Crippen molar-refractivity contribution in [1.82, 2.24) is 18.3 Å². The zero-order valence-corrected chi connectivity index (χ0v) is 71.9. The fourth-order valence-electron chi connectivity index (χ4n) is 20.2. The lowest BCUT2D eigenvalue weighted by Crippen LogP contribution is -1.96. The molecule has 6 aromatic heterocycles. The molecule has 27 rings (SSSR count). The molecule has 27 aromatic rings. The number of para-hydroxylation sites is 6. The molecule has 132 heavy (non-hydrogen) atoms. The normalized spacial score (nSPS) is 11.6. The van der Waals surface area contributed by atoms with Crippen LogP contribution >= 0.6 is 0 Å². The fourth-order valence-corrected chi connectivity index (χ4v) is 20.2. The van der Waals surface area contributed by atoms with Crippen LogP contribution in [0.1, 0.15) is 0 Å². The van der Waals surface area contributed by atoms with Crippen LogP contribution in [0.25, 0.3) is 243 Å². The van der Waals surface area contributed by atoms with Crippen LogP contribution in [0.5, 0.6) is 0 Å². The Morgan fingerprint density at radius 2 is 0.348 bits per heavy atom. The summed E-state index contributed by atoms with van der Waals surface area (Å²) in [7, 11) is 0. The predicted octanol–water partition coefficient (Wildman–Crippen LogP) is 34.6. The highest BCUT2D eigenvalue weighted by Crippen LogP contribution is 2.45. The van der Waals surface area contributed by atoms with Crippen LogP contribution in [0.2, 0.25) is 0 Å². The molecule has 0 aliphatic rings. The molecule has 0 radical (unpaired) electrons. The van der Waals surface area contributed by atoms with Crippen LogP contribution in [0.3, 0.4) is 0 Å². The molecular weight excluding hydrogens is 1600 g/mol. The van der Waals surface area contributed by atoms with E-state index < -0.39 is 0 Å². The van der Waals surface area contributed by atoms with E-state index in [9.17, 15) is 0 Å². The van der Waals surface area contributed by atoms with Gasteiger partial charge in [0.1, 0.15) is 22.3 Å². The van der Waals surface area contributed by atoms with Gasteiger partial charge >= 0.3 is 0 Å². The lowest BCUT2D eigenvalue weighted by Gasteiger charge is -2.14. The van der Waals surface area contributed by atoms with Crippen molar-refractivity contribution < 1.29 is 8.83 Å². The summed E-state index contributed by atoms with van der Waals surface area (Å²) in [5.74, 6) is 0. The number of aromatic nitrogens is 4. The summed E-state index contributed by atoms with van der Waals surface area (Å²) in [5.41, 5.74) is 37.2. The molecule has 0 unspecified atom stereocenters. The minimum atomic E-state index is 0.922. The van der Waals surface area contributed by atoms with Crippen molar-refractivity contribution in [1.29, 1.82) is 0 Å². The molecule has 0 saturated carbocycles. The number of benzene rings is 21. The minimum absolute atomic E-state index is 0.922. The van der Waals surface area contributed by atoms with Crippen LogP contribution in [0, 0.1) is 0 Å². The summed E-state index contributed by atoms with van der Waals surface area (Å²) >= 11 is 0. The molecule has 0 amide bonds. The van der Waals surface area contributed by atoms with Gasteiger partial charge < -0.3 is 27.1 Å². The maximum atomic E-state index is 6.06. The summed E-state index contributed by atoms with van der Waals surface area (Å²) in [5, 5.41) is 14.6. The number of hydrogen-bond acceptors (Lipinski definition) is 2. The summed E-state index contributed by atoms with van der Waals surface area (Å²) in [4.78, 5) is 0. The Morgan fingerprint density at radius 3 is 0.758 bits per heavy atom. The number of furan rings is 2. The van der Waals surface area contributed by atoms with Gasteiger partial charge in [0.2, 0.25) is 0 Å². The summed E-state index contributed by atoms with van der Waals surface area (Å²) in [6.07, 6.45) is 0. The average Bonchev–Trinajstić information content (AvgIpc) is 1.58. The Morgan fingerprint density at radius 1 is 0.106 bits per heavy atom. The Hall–Kier alpha value is -17.6. The Balaban J connectivity index is 0.000000110. The third-order valence-corrected chi connectivity index (χ3v) is 26.5. The molecule has 6 heteroatoms. The van der Waals surface area contributed by atoms with Crippen molar-refractivity contribution in [3.63, 3.8) is 0 Å². The van der Waals surface area contributed by atoms with Crippen molar-refractivity contribution in [2.75, 3.05) is 0 Å². The van der Waals surface area contributed by atoms with Gasteiger partial charge in [0.15, 0.2) is 0 Å². The molecule has 0 bridgehead atoms. The summed E-state index contributed by atoms with van der Waals surface area (Å²) in [6.45, 7) is 0. The van der Waals surface area contributed by atoms with Crippen molar-refractivity contribution in [3.05, 3.63) is 497 Å².